The number of fused-ring (bicyclic) bond motifs is 3. The zero-order chi connectivity index (χ0) is 26.7. The van der Waals surface area contributed by atoms with Crippen LogP contribution >= 0.6 is 0 Å². The average Bonchev–Trinajstić information content (AvgIpc) is 3.45. The molecule has 8 nitrogen and oxygen atoms in total. The van der Waals surface area contributed by atoms with E-state index in [1.807, 2.05) is 45.0 Å². The Hall–Kier alpha value is -3.39. The van der Waals surface area contributed by atoms with Crippen molar-refractivity contribution in [1.82, 2.24) is 4.90 Å². The van der Waals surface area contributed by atoms with Crippen LogP contribution in [-0.4, -0.2) is 59.5 Å². The van der Waals surface area contributed by atoms with E-state index in [2.05, 4.69) is 0 Å². The number of piperidine rings is 3. The van der Waals surface area contributed by atoms with Gasteiger partial charge in [0, 0.05) is 31.2 Å². The third-order valence-electron chi connectivity index (χ3n) is 8.12. The molecule has 5 heterocycles. The fraction of sp³-hybridized carbons (Fsp3) is 0.500. The lowest BCUT2D eigenvalue weighted by Crippen LogP contribution is -2.65. The number of aryl methyl sites for hydroxylation is 3. The van der Waals surface area contributed by atoms with Crippen molar-refractivity contribution in [3.63, 3.8) is 0 Å². The molecule has 0 saturated carbocycles. The summed E-state index contributed by atoms with van der Waals surface area (Å²) < 4.78 is 24.7. The molecule has 0 spiro atoms. The summed E-state index contributed by atoms with van der Waals surface area (Å²) in [5.41, 5.74) is 1.07. The second kappa shape index (κ2) is 11.2. The van der Waals surface area contributed by atoms with Gasteiger partial charge in [-0.25, -0.2) is 4.79 Å². The standard InChI is InChI=1S/C30H38N2O6/c1-21-16-28(37-23(21)3)19-31(18-27-9-8-22(2)36-27)30(34)38-29-20-32(13-10-24(29)11-14-32)12-5-15-35-26-7-4-6-25(33)17-26/h4,6-9,16-17,24,29H,5,10-15,18-20H2,1-3H3/p+1/t24?,29-,32?/m1/s1. The Labute approximate surface area is 224 Å². The molecule has 6 rings (SSSR count). The van der Waals surface area contributed by atoms with Crippen LogP contribution in [0.2, 0.25) is 0 Å². The number of carbonyl (C=O) groups is 1. The zero-order valence-electron chi connectivity index (χ0n) is 22.7. The number of amides is 1. The molecule has 3 aliphatic rings. The summed E-state index contributed by atoms with van der Waals surface area (Å²) >= 11 is 0. The maximum atomic E-state index is 13.5. The van der Waals surface area contributed by atoms with E-state index in [0.717, 1.165) is 78.5 Å². The quantitative estimate of drug-likeness (QED) is 0.270. The first-order chi connectivity index (χ1) is 18.3. The summed E-state index contributed by atoms with van der Waals surface area (Å²) in [6.45, 7) is 11.2. The van der Waals surface area contributed by atoms with Gasteiger partial charge in [-0.3, -0.25) is 4.90 Å². The Morgan fingerprint density at radius 1 is 1.05 bits per heavy atom. The van der Waals surface area contributed by atoms with Crippen LogP contribution in [0.4, 0.5) is 4.79 Å². The number of phenolic OH excluding ortho intramolecular Hbond substituents is 1. The highest BCUT2D eigenvalue weighted by Gasteiger charge is 2.47. The van der Waals surface area contributed by atoms with E-state index in [0.29, 0.717) is 31.4 Å². The molecule has 1 atom stereocenters. The molecule has 3 fully saturated rings. The SMILES string of the molecule is Cc1ccc(CN(Cc2cc(C)c(C)o2)C(=O)O[C@@H]2C[N+]3(CCCOc4cccc(O)c4)CCC2CC3)o1. The summed E-state index contributed by atoms with van der Waals surface area (Å²) in [7, 11) is 0. The highest BCUT2D eigenvalue weighted by Crippen LogP contribution is 2.36. The van der Waals surface area contributed by atoms with Crippen LogP contribution in [0.1, 0.15) is 47.9 Å². The largest absolute Gasteiger partial charge is 0.508 e. The summed E-state index contributed by atoms with van der Waals surface area (Å²) in [6.07, 6.45) is 2.62. The molecule has 3 aliphatic heterocycles. The van der Waals surface area contributed by atoms with E-state index in [9.17, 15) is 9.90 Å². The van der Waals surface area contributed by atoms with Crippen molar-refractivity contribution in [2.24, 2.45) is 5.92 Å². The maximum absolute atomic E-state index is 13.5. The fourth-order valence-corrected chi connectivity index (χ4v) is 5.90. The Morgan fingerprint density at radius 2 is 1.84 bits per heavy atom. The highest BCUT2D eigenvalue weighted by atomic mass is 16.6. The summed E-state index contributed by atoms with van der Waals surface area (Å²) in [5, 5.41) is 9.64. The molecular formula is C30H39N2O6+. The van der Waals surface area contributed by atoms with Crippen LogP contribution in [0.3, 0.4) is 0 Å². The Balaban J connectivity index is 1.20. The molecule has 0 aliphatic carbocycles. The number of hydrogen-bond acceptors (Lipinski definition) is 6. The summed E-state index contributed by atoms with van der Waals surface area (Å²) in [5.74, 6) is 4.44. The van der Waals surface area contributed by atoms with Crippen molar-refractivity contribution in [1.29, 1.82) is 0 Å². The van der Waals surface area contributed by atoms with E-state index in [1.165, 1.54) is 0 Å². The van der Waals surface area contributed by atoms with Gasteiger partial charge in [-0.15, -0.1) is 0 Å². The van der Waals surface area contributed by atoms with Gasteiger partial charge >= 0.3 is 6.09 Å². The van der Waals surface area contributed by atoms with Crippen LogP contribution in [0.25, 0.3) is 0 Å². The fourth-order valence-electron chi connectivity index (χ4n) is 5.90. The molecule has 1 amide bonds. The van der Waals surface area contributed by atoms with Gasteiger partial charge < -0.3 is 27.9 Å². The van der Waals surface area contributed by atoms with Gasteiger partial charge in [0.2, 0.25) is 0 Å². The predicted molar refractivity (Wildman–Crippen MR) is 142 cm³/mol. The number of quaternary nitrogens is 1. The van der Waals surface area contributed by atoms with E-state index >= 15 is 0 Å². The first kappa shape index (κ1) is 26.2. The van der Waals surface area contributed by atoms with Crippen molar-refractivity contribution in [2.45, 2.75) is 59.2 Å². The van der Waals surface area contributed by atoms with Gasteiger partial charge in [-0.1, -0.05) is 6.07 Å². The Bertz CT molecular complexity index is 1220. The number of aromatic hydroxyl groups is 1. The molecule has 1 N–H and O–H groups in total. The minimum atomic E-state index is -0.324. The summed E-state index contributed by atoms with van der Waals surface area (Å²) in [4.78, 5) is 15.2. The monoisotopic (exact) mass is 523 g/mol. The van der Waals surface area contributed by atoms with Gasteiger partial charge in [0.15, 0.2) is 6.10 Å². The first-order valence-electron chi connectivity index (χ1n) is 13.6. The second-order valence-corrected chi connectivity index (χ2v) is 11.0. The number of carbonyl (C=O) groups excluding carboxylic acids is 1. The number of phenols is 1. The molecule has 8 heteroatoms. The van der Waals surface area contributed by atoms with Crippen LogP contribution < -0.4 is 4.74 Å². The van der Waals surface area contributed by atoms with Crippen molar-refractivity contribution in [3.8, 4) is 11.5 Å². The van der Waals surface area contributed by atoms with Crippen molar-refractivity contribution < 1.29 is 32.7 Å². The van der Waals surface area contributed by atoms with Gasteiger partial charge in [-0.2, -0.15) is 0 Å². The molecule has 0 radical (unpaired) electrons. The number of nitrogens with zero attached hydrogens (tertiary/aromatic N) is 2. The van der Waals surface area contributed by atoms with E-state index in [1.54, 1.807) is 23.1 Å². The number of rotatable bonds is 10. The molecular weight excluding hydrogens is 484 g/mol. The Kier molecular flexibility index (Phi) is 7.70. The number of hydrogen-bond donors (Lipinski definition) is 1. The third kappa shape index (κ3) is 6.18. The number of benzene rings is 1. The van der Waals surface area contributed by atoms with Gasteiger partial charge in [0.05, 0.1) is 39.3 Å². The van der Waals surface area contributed by atoms with Crippen molar-refractivity contribution in [2.75, 3.05) is 32.8 Å². The minimum absolute atomic E-state index is 0.0992. The molecule has 2 bridgehead atoms. The number of furan rings is 2. The molecule has 1 aromatic carbocycles. The van der Waals surface area contributed by atoms with Gasteiger partial charge in [0.1, 0.15) is 41.1 Å². The van der Waals surface area contributed by atoms with E-state index in [4.69, 9.17) is 18.3 Å². The lowest BCUT2D eigenvalue weighted by molar-refractivity contribution is -0.946. The highest BCUT2D eigenvalue weighted by molar-refractivity contribution is 5.67. The van der Waals surface area contributed by atoms with Crippen LogP contribution in [0.5, 0.6) is 11.5 Å². The number of ether oxygens (including phenoxy) is 2. The zero-order valence-corrected chi connectivity index (χ0v) is 22.7. The molecule has 3 aromatic rings. The first-order valence-corrected chi connectivity index (χ1v) is 13.6. The summed E-state index contributed by atoms with van der Waals surface area (Å²) in [6, 6.07) is 12.7. The minimum Gasteiger partial charge on any atom is -0.508 e. The topological polar surface area (TPSA) is 85.3 Å². The van der Waals surface area contributed by atoms with Crippen LogP contribution in [0.15, 0.2) is 51.3 Å². The smallest absolute Gasteiger partial charge is 0.411 e. The predicted octanol–water partition coefficient (Wildman–Crippen LogP) is 5.72. The molecule has 38 heavy (non-hydrogen) atoms. The third-order valence-corrected chi connectivity index (χ3v) is 8.12. The van der Waals surface area contributed by atoms with E-state index < -0.39 is 0 Å². The Morgan fingerprint density at radius 3 is 2.53 bits per heavy atom. The average molecular weight is 524 g/mol. The van der Waals surface area contributed by atoms with Crippen molar-refractivity contribution in [3.05, 3.63) is 71.1 Å². The normalized spacial score (nSPS) is 22.4. The van der Waals surface area contributed by atoms with Gasteiger partial charge in [0.25, 0.3) is 0 Å². The molecule has 2 aromatic heterocycles. The molecule has 204 valence electrons. The van der Waals surface area contributed by atoms with Crippen molar-refractivity contribution >= 4 is 6.09 Å². The van der Waals surface area contributed by atoms with Gasteiger partial charge in [-0.05, 0) is 56.7 Å². The van der Waals surface area contributed by atoms with Crippen LogP contribution in [0, 0.1) is 26.7 Å². The van der Waals surface area contributed by atoms with E-state index in [-0.39, 0.29) is 17.9 Å². The lowest BCUT2D eigenvalue weighted by Gasteiger charge is -2.52. The molecule has 3 saturated heterocycles. The molecule has 0 unspecified atom stereocenters. The lowest BCUT2D eigenvalue weighted by atomic mass is 9.83. The van der Waals surface area contributed by atoms with Crippen LogP contribution in [-0.2, 0) is 17.8 Å². The second-order valence-electron chi connectivity index (χ2n) is 11.0. The maximum Gasteiger partial charge on any atom is 0.411 e.